The first kappa shape index (κ1) is 14.5. The molecular formula is C15H19ClFNO. The SMILES string of the molecule is C[C@@H]1CCN[C@@H]1C(=O)CCCc1cccc(Cl)c1F. The fourth-order valence-electron chi connectivity index (χ4n) is 2.62. The van der Waals surface area contributed by atoms with Gasteiger partial charge in [-0.05, 0) is 43.4 Å². The van der Waals surface area contributed by atoms with Crippen LogP contribution in [0, 0.1) is 11.7 Å². The van der Waals surface area contributed by atoms with E-state index in [-0.39, 0.29) is 22.7 Å². The fourth-order valence-corrected chi connectivity index (χ4v) is 2.81. The van der Waals surface area contributed by atoms with E-state index in [0.29, 0.717) is 30.7 Å². The van der Waals surface area contributed by atoms with Crippen molar-refractivity contribution in [3.05, 3.63) is 34.6 Å². The molecule has 2 atom stereocenters. The van der Waals surface area contributed by atoms with E-state index in [0.717, 1.165) is 13.0 Å². The van der Waals surface area contributed by atoms with Gasteiger partial charge >= 0.3 is 0 Å². The lowest BCUT2D eigenvalue weighted by Crippen LogP contribution is -2.34. The number of carbonyl (C=O) groups excluding carboxylic acids is 1. The lowest BCUT2D eigenvalue weighted by molar-refractivity contribution is -0.121. The molecule has 0 amide bonds. The number of hydrogen-bond acceptors (Lipinski definition) is 2. The normalized spacial score (nSPS) is 22.7. The largest absolute Gasteiger partial charge is 0.307 e. The van der Waals surface area contributed by atoms with Gasteiger partial charge in [-0.25, -0.2) is 4.39 Å². The Labute approximate surface area is 118 Å². The van der Waals surface area contributed by atoms with Crippen LogP contribution in [-0.2, 0) is 11.2 Å². The van der Waals surface area contributed by atoms with Crippen LogP contribution in [0.2, 0.25) is 5.02 Å². The van der Waals surface area contributed by atoms with Gasteiger partial charge in [0.25, 0.3) is 0 Å². The molecule has 0 unspecified atom stereocenters. The molecule has 0 radical (unpaired) electrons. The average Bonchev–Trinajstić information content (AvgIpc) is 2.81. The minimum absolute atomic E-state index is 0.00999. The number of carbonyl (C=O) groups is 1. The van der Waals surface area contributed by atoms with Gasteiger partial charge in [0, 0.05) is 6.42 Å². The van der Waals surface area contributed by atoms with Crippen LogP contribution >= 0.6 is 11.6 Å². The van der Waals surface area contributed by atoms with E-state index in [1.54, 1.807) is 12.1 Å². The van der Waals surface area contributed by atoms with Crippen LogP contribution in [0.25, 0.3) is 0 Å². The summed E-state index contributed by atoms with van der Waals surface area (Å²) in [4.78, 5) is 12.0. The maximum atomic E-state index is 13.7. The molecule has 0 bridgehead atoms. The lowest BCUT2D eigenvalue weighted by Gasteiger charge is -2.14. The van der Waals surface area contributed by atoms with Crippen LogP contribution in [0.1, 0.15) is 31.7 Å². The number of aryl methyl sites for hydroxylation is 1. The number of rotatable bonds is 5. The summed E-state index contributed by atoms with van der Waals surface area (Å²) in [6, 6.07) is 4.99. The monoisotopic (exact) mass is 283 g/mol. The lowest BCUT2D eigenvalue weighted by atomic mass is 9.95. The van der Waals surface area contributed by atoms with Gasteiger partial charge < -0.3 is 5.32 Å². The Morgan fingerprint density at radius 2 is 2.32 bits per heavy atom. The Morgan fingerprint density at radius 1 is 1.53 bits per heavy atom. The van der Waals surface area contributed by atoms with Gasteiger partial charge in [0.05, 0.1) is 11.1 Å². The van der Waals surface area contributed by atoms with Crippen molar-refractivity contribution in [2.24, 2.45) is 5.92 Å². The van der Waals surface area contributed by atoms with E-state index in [4.69, 9.17) is 11.6 Å². The summed E-state index contributed by atoms with van der Waals surface area (Å²) in [6.45, 7) is 3.01. The predicted molar refractivity (Wildman–Crippen MR) is 74.9 cm³/mol. The number of ketones is 1. The van der Waals surface area contributed by atoms with Gasteiger partial charge in [0.15, 0.2) is 0 Å². The van der Waals surface area contributed by atoms with Crippen LogP contribution in [0.4, 0.5) is 4.39 Å². The first-order chi connectivity index (χ1) is 9.09. The van der Waals surface area contributed by atoms with Crippen LogP contribution in [0.5, 0.6) is 0 Å². The van der Waals surface area contributed by atoms with Gasteiger partial charge in [0.1, 0.15) is 11.6 Å². The Balaban J connectivity index is 1.83. The molecule has 1 fully saturated rings. The van der Waals surface area contributed by atoms with Crippen molar-refractivity contribution >= 4 is 17.4 Å². The van der Waals surface area contributed by atoms with Gasteiger partial charge in [-0.15, -0.1) is 0 Å². The van der Waals surface area contributed by atoms with E-state index < -0.39 is 0 Å². The number of nitrogens with one attached hydrogen (secondary N) is 1. The molecule has 1 aromatic carbocycles. The zero-order valence-electron chi connectivity index (χ0n) is 11.1. The maximum absolute atomic E-state index is 13.7. The van der Waals surface area contributed by atoms with Crippen molar-refractivity contribution in [3.63, 3.8) is 0 Å². The van der Waals surface area contributed by atoms with E-state index in [1.807, 2.05) is 0 Å². The number of benzene rings is 1. The van der Waals surface area contributed by atoms with E-state index in [1.165, 1.54) is 6.07 Å². The standard InChI is InChI=1S/C15H19ClFNO/c1-10-8-9-18-15(10)13(19)7-3-5-11-4-2-6-12(16)14(11)17/h2,4,6,10,15,18H,3,5,7-9H2,1H3/t10-,15+/m1/s1. The van der Waals surface area contributed by atoms with Crippen LogP contribution in [0.15, 0.2) is 18.2 Å². The molecule has 0 aromatic heterocycles. The highest BCUT2D eigenvalue weighted by molar-refractivity contribution is 6.30. The van der Waals surface area contributed by atoms with E-state index >= 15 is 0 Å². The molecule has 19 heavy (non-hydrogen) atoms. The predicted octanol–water partition coefficient (Wildman–Crippen LogP) is 3.37. The zero-order valence-corrected chi connectivity index (χ0v) is 11.8. The first-order valence-electron chi connectivity index (χ1n) is 6.78. The maximum Gasteiger partial charge on any atom is 0.150 e. The highest BCUT2D eigenvalue weighted by atomic mass is 35.5. The molecule has 1 aromatic rings. The fraction of sp³-hybridized carbons (Fsp3) is 0.533. The molecule has 2 rings (SSSR count). The van der Waals surface area contributed by atoms with Crippen molar-refractivity contribution in [2.45, 2.75) is 38.6 Å². The number of halogens is 2. The number of hydrogen-bond donors (Lipinski definition) is 1. The third kappa shape index (κ3) is 3.54. The van der Waals surface area contributed by atoms with E-state index in [9.17, 15) is 9.18 Å². The molecule has 1 saturated heterocycles. The van der Waals surface area contributed by atoms with Crippen molar-refractivity contribution in [2.75, 3.05) is 6.54 Å². The summed E-state index contributed by atoms with van der Waals surface area (Å²) in [5.74, 6) is 0.298. The van der Waals surface area contributed by atoms with Crippen molar-refractivity contribution in [3.8, 4) is 0 Å². The van der Waals surface area contributed by atoms with Crippen LogP contribution < -0.4 is 5.32 Å². The quantitative estimate of drug-likeness (QED) is 0.898. The first-order valence-corrected chi connectivity index (χ1v) is 7.16. The molecule has 4 heteroatoms. The molecule has 0 aliphatic carbocycles. The summed E-state index contributed by atoms with van der Waals surface area (Å²) in [5.41, 5.74) is 0.590. The molecule has 0 saturated carbocycles. The minimum Gasteiger partial charge on any atom is -0.307 e. The second-order valence-corrected chi connectivity index (χ2v) is 5.64. The van der Waals surface area contributed by atoms with Crippen molar-refractivity contribution < 1.29 is 9.18 Å². The summed E-state index contributed by atoms with van der Waals surface area (Å²) in [6.07, 6.45) is 2.77. The molecular weight excluding hydrogens is 265 g/mol. The van der Waals surface area contributed by atoms with Crippen molar-refractivity contribution in [1.82, 2.24) is 5.32 Å². The molecule has 2 nitrogen and oxygen atoms in total. The molecule has 1 aliphatic rings. The summed E-state index contributed by atoms with van der Waals surface area (Å²) >= 11 is 5.73. The highest BCUT2D eigenvalue weighted by Crippen LogP contribution is 2.21. The third-order valence-corrected chi connectivity index (χ3v) is 4.07. The molecule has 0 spiro atoms. The summed E-state index contributed by atoms with van der Waals surface area (Å²) in [5, 5.41) is 3.38. The molecule has 1 aliphatic heterocycles. The molecule has 1 N–H and O–H groups in total. The van der Waals surface area contributed by atoms with Gasteiger partial charge in [-0.1, -0.05) is 30.7 Å². The van der Waals surface area contributed by atoms with E-state index in [2.05, 4.69) is 12.2 Å². The molecule has 1 heterocycles. The Bertz CT molecular complexity index is 463. The Morgan fingerprint density at radius 3 is 3.00 bits per heavy atom. The average molecular weight is 284 g/mol. The van der Waals surface area contributed by atoms with Gasteiger partial charge in [-0.3, -0.25) is 4.79 Å². The van der Waals surface area contributed by atoms with Crippen LogP contribution in [0.3, 0.4) is 0 Å². The summed E-state index contributed by atoms with van der Waals surface area (Å²) < 4.78 is 13.7. The van der Waals surface area contributed by atoms with Gasteiger partial charge in [-0.2, -0.15) is 0 Å². The number of Topliss-reactive ketones (excluding diaryl/α,β-unsaturated/α-hetero) is 1. The Hall–Kier alpha value is -0.930. The van der Waals surface area contributed by atoms with Crippen molar-refractivity contribution in [1.29, 1.82) is 0 Å². The third-order valence-electron chi connectivity index (χ3n) is 3.78. The second-order valence-electron chi connectivity index (χ2n) is 5.23. The Kier molecular flexibility index (Phi) is 4.94. The second kappa shape index (κ2) is 6.49. The minimum atomic E-state index is -0.357. The topological polar surface area (TPSA) is 29.1 Å². The van der Waals surface area contributed by atoms with Gasteiger partial charge in [0.2, 0.25) is 0 Å². The highest BCUT2D eigenvalue weighted by Gasteiger charge is 2.28. The zero-order chi connectivity index (χ0) is 13.8. The van der Waals surface area contributed by atoms with Crippen LogP contribution in [-0.4, -0.2) is 18.4 Å². The summed E-state index contributed by atoms with van der Waals surface area (Å²) in [7, 11) is 0. The smallest absolute Gasteiger partial charge is 0.150 e. The molecule has 104 valence electrons.